The summed E-state index contributed by atoms with van der Waals surface area (Å²) in [5, 5.41) is 4.15. The van der Waals surface area contributed by atoms with Crippen LogP contribution >= 0.6 is 15.9 Å². The summed E-state index contributed by atoms with van der Waals surface area (Å²) >= 11 is 3.34. The van der Waals surface area contributed by atoms with Crippen LogP contribution in [0.3, 0.4) is 0 Å². The van der Waals surface area contributed by atoms with Gasteiger partial charge in [0.25, 0.3) is 0 Å². The van der Waals surface area contributed by atoms with Crippen molar-refractivity contribution in [2.24, 2.45) is 11.1 Å². The van der Waals surface area contributed by atoms with E-state index in [1.54, 1.807) is 6.20 Å². The summed E-state index contributed by atoms with van der Waals surface area (Å²) in [7, 11) is 0. The lowest BCUT2D eigenvalue weighted by Crippen LogP contribution is -2.43. The van der Waals surface area contributed by atoms with Crippen molar-refractivity contribution >= 4 is 21.8 Å². The Morgan fingerprint density at radius 3 is 2.80 bits per heavy atom. The minimum absolute atomic E-state index is 0.153. The first kappa shape index (κ1) is 10.7. The number of nitrogens with two attached hydrogens (primary N) is 1. The largest absolute Gasteiger partial charge is 0.369 e. The smallest absolute Gasteiger partial charge is 0.223 e. The summed E-state index contributed by atoms with van der Waals surface area (Å²) in [6, 6.07) is 0. The van der Waals surface area contributed by atoms with Crippen molar-refractivity contribution in [3.8, 4) is 0 Å². The van der Waals surface area contributed by atoms with E-state index < -0.39 is 0 Å². The van der Waals surface area contributed by atoms with E-state index in [4.69, 9.17) is 5.73 Å². The van der Waals surface area contributed by atoms with Gasteiger partial charge in [0.05, 0.1) is 16.1 Å². The molecule has 1 aromatic heterocycles. The lowest BCUT2D eigenvalue weighted by molar-refractivity contribution is -0.133. The standard InChI is InChI=1S/C10H14BrN3O/c11-8-6-13-14(7-8)5-4-10(9(12)15)2-1-3-10/h6-7H,1-5H2,(H2,12,15). The Hall–Kier alpha value is -0.840. The molecule has 1 aromatic rings. The fourth-order valence-corrected chi connectivity index (χ4v) is 2.34. The third kappa shape index (κ3) is 2.07. The number of amides is 1. The van der Waals surface area contributed by atoms with Gasteiger partial charge in [0.2, 0.25) is 5.91 Å². The Kier molecular flexibility index (Phi) is 2.82. The molecule has 0 saturated heterocycles. The molecule has 2 N–H and O–H groups in total. The number of carbonyl (C=O) groups excluding carboxylic acids is 1. The second kappa shape index (κ2) is 3.96. The summed E-state index contributed by atoms with van der Waals surface area (Å²) < 4.78 is 2.80. The van der Waals surface area contributed by atoms with Crippen LogP contribution in [0.15, 0.2) is 16.9 Å². The van der Waals surface area contributed by atoms with Crippen molar-refractivity contribution in [2.75, 3.05) is 0 Å². The Labute approximate surface area is 97.0 Å². The van der Waals surface area contributed by atoms with Crippen molar-refractivity contribution in [3.63, 3.8) is 0 Å². The molecule has 0 unspecified atom stereocenters. The van der Waals surface area contributed by atoms with Gasteiger partial charge in [0.1, 0.15) is 0 Å². The highest BCUT2D eigenvalue weighted by atomic mass is 79.9. The lowest BCUT2D eigenvalue weighted by Gasteiger charge is -2.38. The number of rotatable bonds is 4. The van der Waals surface area contributed by atoms with E-state index in [2.05, 4.69) is 21.0 Å². The van der Waals surface area contributed by atoms with E-state index in [1.807, 2.05) is 10.9 Å². The van der Waals surface area contributed by atoms with Gasteiger partial charge in [0, 0.05) is 12.7 Å². The number of hydrogen-bond acceptors (Lipinski definition) is 2. The van der Waals surface area contributed by atoms with Gasteiger partial charge in [-0.25, -0.2) is 0 Å². The molecule has 0 atom stereocenters. The molecule has 4 nitrogen and oxygen atoms in total. The second-order valence-corrected chi connectivity index (χ2v) is 5.09. The van der Waals surface area contributed by atoms with Crippen molar-refractivity contribution in [1.29, 1.82) is 0 Å². The molecule has 1 aliphatic rings. The molecule has 1 heterocycles. The molecule has 0 radical (unpaired) electrons. The zero-order chi connectivity index (χ0) is 10.9. The molecule has 2 rings (SSSR count). The summed E-state index contributed by atoms with van der Waals surface area (Å²) in [6.45, 7) is 0.758. The molecule has 1 saturated carbocycles. The topological polar surface area (TPSA) is 60.9 Å². The van der Waals surface area contributed by atoms with Gasteiger partial charge < -0.3 is 5.73 Å². The highest BCUT2D eigenvalue weighted by Gasteiger charge is 2.42. The van der Waals surface area contributed by atoms with Crippen LogP contribution < -0.4 is 5.73 Å². The Balaban J connectivity index is 1.95. The number of halogens is 1. The Bertz CT molecular complexity index is 370. The van der Waals surface area contributed by atoms with Crippen molar-refractivity contribution in [1.82, 2.24) is 9.78 Å². The molecule has 0 bridgehead atoms. The normalized spacial score (nSPS) is 18.5. The fourth-order valence-electron chi connectivity index (χ4n) is 2.01. The van der Waals surface area contributed by atoms with Crippen molar-refractivity contribution in [2.45, 2.75) is 32.2 Å². The maximum Gasteiger partial charge on any atom is 0.223 e. The number of aromatic nitrogens is 2. The summed E-state index contributed by atoms with van der Waals surface area (Å²) in [4.78, 5) is 11.3. The van der Waals surface area contributed by atoms with Gasteiger partial charge in [-0.15, -0.1) is 0 Å². The maximum absolute atomic E-state index is 11.3. The molecule has 82 valence electrons. The summed E-state index contributed by atoms with van der Waals surface area (Å²) in [5.41, 5.74) is 5.17. The third-order valence-electron chi connectivity index (χ3n) is 3.25. The fraction of sp³-hybridized carbons (Fsp3) is 0.600. The summed E-state index contributed by atoms with van der Waals surface area (Å²) in [6.07, 6.45) is 7.45. The molecule has 1 amide bonds. The number of nitrogens with zero attached hydrogens (tertiary/aromatic N) is 2. The van der Waals surface area contributed by atoms with E-state index in [0.29, 0.717) is 0 Å². The van der Waals surface area contributed by atoms with E-state index in [1.165, 1.54) is 0 Å². The maximum atomic E-state index is 11.3. The Morgan fingerprint density at radius 1 is 1.67 bits per heavy atom. The first-order valence-corrected chi connectivity index (χ1v) is 5.90. The van der Waals surface area contributed by atoms with Crippen molar-refractivity contribution < 1.29 is 4.79 Å². The van der Waals surface area contributed by atoms with Crippen LogP contribution in [0.25, 0.3) is 0 Å². The van der Waals surface area contributed by atoms with Gasteiger partial charge in [-0.2, -0.15) is 5.10 Å². The van der Waals surface area contributed by atoms with Crippen LogP contribution in [0.1, 0.15) is 25.7 Å². The molecule has 1 fully saturated rings. The molecular formula is C10H14BrN3O. The molecule has 15 heavy (non-hydrogen) atoms. The van der Waals surface area contributed by atoms with Crippen LogP contribution in [0.5, 0.6) is 0 Å². The first-order chi connectivity index (χ1) is 7.12. The quantitative estimate of drug-likeness (QED) is 0.906. The van der Waals surface area contributed by atoms with E-state index in [9.17, 15) is 4.79 Å². The Morgan fingerprint density at radius 2 is 2.40 bits per heavy atom. The molecule has 0 aliphatic heterocycles. The molecule has 1 aliphatic carbocycles. The van der Waals surface area contributed by atoms with Gasteiger partial charge in [-0.05, 0) is 35.2 Å². The SMILES string of the molecule is NC(=O)C1(CCn2cc(Br)cn2)CCC1. The number of carbonyl (C=O) groups is 1. The average molecular weight is 272 g/mol. The summed E-state index contributed by atoms with van der Waals surface area (Å²) in [5.74, 6) is -0.153. The van der Waals surface area contributed by atoms with Gasteiger partial charge in [-0.3, -0.25) is 9.48 Å². The van der Waals surface area contributed by atoms with Gasteiger partial charge in [-0.1, -0.05) is 6.42 Å². The van der Waals surface area contributed by atoms with Crippen LogP contribution in [0, 0.1) is 5.41 Å². The van der Waals surface area contributed by atoms with Gasteiger partial charge in [0.15, 0.2) is 0 Å². The predicted octanol–water partition coefficient (Wildman–Crippen LogP) is 1.69. The van der Waals surface area contributed by atoms with Crippen LogP contribution in [0.4, 0.5) is 0 Å². The van der Waals surface area contributed by atoms with E-state index >= 15 is 0 Å². The first-order valence-electron chi connectivity index (χ1n) is 5.10. The van der Waals surface area contributed by atoms with E-state index in [-0.39, 0.29) is 11.3 Å². The highest BCUT2D eigenvalue weighted by Crippen LogP contribution is 2.43. The minimum atomic E-state index is -0.252. The second-order valence-electron chi connectivity index (χ2n) is 4.17. The average Bonchev–Trinajstić information content (AvgIpc) is 2.49. The highest BCUT2D eigenvalue weighted by molar-refractivity contribution is 9.10. The molecule has 5 heteroatoms. The molecular weight excluding hydrogens is 258 g/mol. The predicted molar refractivity (Wildman–Crippen MR) is 60.0 cm³/mol. The lowest BCUT2D eigenvalue weighted by atomic mass is 9.66. The number of aryl methyl sites for hydroxylation is 1. The molecule has 0 spiro atoms. The van der Waals surface area contributed by atoms with Gasteiger partial charge >= 0.3 is 0 Å². The molecule has 0 aromatic carbocycles. The van der Waals surface area contributed by atoms with Crippen LogP contribution in [-0.4, -0.2) is 15.7 Å². The monoisotopic (exact) mass is 271 g/mol. The van der Waals surface area contributed by atoms with Crippen LogP contribution in [-0.2, 0) is 11.3 Å². The third-order valence-corrected chi connectivity index (χ3v) is 3.66. The van der Waals surface area contributed by atoms with E-state index in [0.717, 1.165) is 36.7 Å². The zero-order valence-electron chi connectivity index (χ0n) is 8.45. The minimum Gasteiger partial charge on any atom is -0.369 e. The number of primary amides is 1. The zero-order valence-corrected chi connectivity index (χ0v) is 10.0. The van der Waals surface area contributed by atoms with Crippen LogP contribution in [0.2, 0.25) is 0 Å². The van der Waals surface area contributed by atoms with Crippen molar-refractivity contribution in [3.05, 3.63) is 16.9 Å². The number of hydrogen-bond donors (Lipinski definition) is 1.